The van der Waals surface area contributed by atoms with Gasteiger partial charge in [0.15, 0.2) is 0 Å². The van der Waals surface area contributed by atoms with E-state index in [1.54, 1.807) is 0 Å². The van der Waals surface area contributed by atoms with Crippen molar-refractivity contribution < 1.29 is 4.79 Å². The van der Waals surface area contributed by atoms with Crippen molar-refractivity contribution >= 4 is 5.78 Å². The van der Waals surface area contributed by atoms with Crippen molar-refractivity contribution in [3.8, 4) is 0 Å². The Balaban J connectivity index is 2.71. The van der Waals surface area contributed by atoms with Crippen molar-refractivity contribution in [2.75, 3.05) is 0 Å². The number of benzene rings is 1. The number of hydrogen-bond donors (Lipinski definition) is 0. The van der Waals surface area contributed by atoms with E-state index in [1.165, 1.54) is 11.1 Å². The summed E-state index contributed by atoms with van der Waals surface area (Å²) in [6.07, 6.45) is 1.50. The molecular weight excluding hydrogens is 232 g/mol. The summed E-state index contributed by atoms with van der Waals surface area (Å²) in [5.74, 6) is 0.390. The minimum atomic E-state index is -0.288. The first kappa shape index (κ1) is 14.3. The molecule has 0 saturated heterocycles. The Labute approximate surface area is 117 Å². The van der Waals surface area contributed by atoms with Crippen molar-refractivity contribution in [3.05, 3.63) is 35.4 Å². The maximum absolute atomic E-state index is 12.7. The zero-order valence-corrected chi connectivity index (χ0v) is 13.1. The Morgan fingerprint density at radius 1 is 1.21 bits per heavy atom. The molecule has 104 valence electrons. The largest absolute Gasteiger partial charge is 0.299 e. The molecule has 0 amide bonds. The van der Waals surface area contributed by atoms with Gasteiger partial charge in [-0.05, 0) is 23.0 Å². The van der Waals surface area contributed by atoms with Gasteiger partial charge >= 0.3 is 0 Å². The maximum Gasteiger partial charge on any atom is 0.139 e. The minimum absolute atomic E-state index is 0.0547. The lowest BCUT2D eigenvalue weighted by molar-refractivity contribution is -0.133. The smallest absolute Gasteiger partial charge is 0.139 e. The standard InChI is InChI=1S/C18H26O/c1-7-15(19)17(5)12-13-10-8-9-11-14(13)18(17,6)16(2,3)4/h8-11H,7,12H2,1-6H3. The molecule has 1 aliphatic carbocycles. The Bertz CT molecular complexity index is 509. The molecule has 1 aromatic rings. The van der Waals surface area contributed by atoms with Gasteiger partial charge in [-0.2, -0.15) is 0 Å². The van der Waals surface area contributed by atoms with Gasteiger partial charge in [-0.1, -0.05) is 65.8 Å². The first-order chi connectivity index (χ1) is 8.68. The lowest BCUT2D eigenvalue weighted by Crippen LogP contribution is -2.52. The van der Waals surface area contributed by atoms with Crippen LogP contribution in [0.2, 0.25) is 0 Å². The van der Waals surface area contributed by atoms with Crippen LogP contribution in [0, 0.1) is 10.8 Å². The summed E-state index contributed by atoms with van der Waals surface area (Å²) in [6, 6.07) is 8.59. The highest BCUT2D eigenvalue weighted by molar-refractivity contribution is 5.88. The molecule has 0 aliphatic heterocycles. The summed E-state index contributed by atoms with van der Waals surface area (Å²) >= 11 is 0. The Morgan fingerprint density at radius 3 is 2.32 bits per heavy atom. The van der Waals surface area contributed by atoms with Gasteiger partial charge in [0.25, 0.3) is 0 Å². The third-order valence-corrected chi connectivity index (χ3v) is 5.64. The quantitative estimate of drug-likeness (QED) is 0.761. The average Bonchev–Trinajstić information content (AvgIpc) is 2.59. The van der Waals surface area contributed by atoms with Crippen LogP contribution in [0.5, 0.6) is 0 Å². The summed E-state index contributed by atoms with van der Waals surface area (Å²) in [7, 11) is 0. The number of fused-ring (bicyclic) bond motifs is 1. The number of carbonyl (C=O) groups excluding carboxylic acids is 1. The zero-order valence-electron chi connectivity index (χ0n) is 13.1. The molecule has 19 heavy (non-hydrogen) atoms. The van der Waals surface area contributed by atoms with Crippen LogP contribution in [0.4, 0.5) is 0 Å². The summed E-state index contributed by atoms with van der Waals surface area (Å²) in [4.78, 5) is 12.7. The van der Waals surface area contributed by atoms with Gasteiger partial charge in [-0.3, -0.25) is 4.79 Å². The SMILES string of the molecule is CCC(=O)C1(C)Cc2ccccc2C1(C)C(C)(C)C. The molecule has 1 aliphatic rings. The lowest BCUT2D eigenvalue weighted by atomic mass is 9.52. The number of ketones is 1. The fraction of sp³-hybridized carbons (Fsp3) is 0.611. The van der Waals surface area contributed by atoms with Crippen molar-refractivity contribution in [1.82, 2.24) is 0 Å². The predicted molar refractivity (Wildman–Crippen MR) is 80.4 cm³/mol. The molecule has 1 nitrogen and oxygen atoms in total. The molecule has 0 saturated carbocycles. The van der Waals surface area contributed by atoms with E-state index in [-0.39, 0.29) is 16.2 Å². The third kappa shape index (κ3) is 1.70. The second kappa shape index (κ2) is 4.19. The minimum Gasteiger partial charge on any atom is -0.299 e. The van der Waals surface area contributed by atoms with Crippen LogP contribution in [0.1, 0.15) is 59.1 Å². The van der Waals surface area contributed by atoms with Gasteiger partial charge in [0, 0.05) is 17.3 Å². The highest BCUT2D eigenvalue weighted by Crippen LogP contribution is 2.60. The van der Waals surface area contributed by atoms with E-state index >= 15 is 0 Å². The van der Waals surface area contributed by atoms with Gasteiger partial charge in [-0.25, -0.2) is 0 Å². The number of rotatable bonds is 2. The van der Waals surface area contributed by atoms with Crippen LogP contribution in [0.25, 0.3) is 0 Å². The molecule has 0 aromatic heterocycles. The zero-order chi connectivity index (χ0) is 14.5. The van der Waals surface area contributed by atoms with Gasteiger partial charge < -0.3 is 0 Å². The van der Waals surface area contributed by atoms with Gasteiger partial charge in [0.05, 0.1) is 0 Å². The number of Topliss-reactive ketones (excluding diaryl/α,β-unsaturated/α-hetero) is 1. The molecule has 2 rings (SSSR count). The van der Waals surface area contributed by atoms with Crippen LogP contribution in [-0.4, -0.2) is 5.78 Å². The Hall–Kier alpha value is -1.11. The van der Waals surface area contributed by atoms with Crippen molar-refractivity contribution in [3.63, 3.8) is 0 Å². The fourth-order valence-corrected chi connectivity index (χ4v) is 4.02. The molecule has 0 fully saturated rings. The monoisotopic (exact) mass is 258 g/mol. The molecule has 1 aromatic carbocycles. The average molecular weight is 258 g/mol. The maximum atomic E-state index is 12.7. The Morgan fingerprint density at radius 2 is 1.79 bits per heavy atom. The van der Waals surface area contributed by atoms with E-state index in [1.807, 2.05) is 6.92 Å². The van der Waals surface area contributed by atoms with Crippen LogP contribution in [0.15, 0.2) is 24.3 Å². The second-order valence-corrected chi connectivity index (χ2v) is 7.32. The topological polar surface area (TPSA) is 17.1 Å². The normalized spacial score (nSPS) is 30.2. The van der Waals surface area contributed by atoms with Gasteiger partial charge in [0.2, 0.25) is 0 Å². The number of hydrogen-bond acceptors (Lipinski definition) is 1. The fourth-order valence-electron chi connectivity index (χ4n) is 4.02. The third-order valence-electron chi connectivity index (χ3n) is 5.64. The summed E-state index contributed by atoms with van der Waals surface area (Å²) < 4.78 is 0. The molecule has 0 N–H and O–H groups in total. The Kier molecular flexibility index (Phi) is 3.16. The van der Waals surface area contributed by atoms with Crippen molar-refractivity contribution in [1.29, 1.82) is 0 Å². The predicted octanol–water partition coefficient (Wildman–Crippen LogP) is 4.53. The highest BCUT2D eigenvalue weighted by atomic mass is 16.1. The molecule has 2 atom stereocenters. The molecule has 0 bridgehead atoms. The van der Waals surface area contributed by atoms with Crippen LogP contribution in [-0.2, 0) is 16.6 Å². The second-order valence-electron chi connectivity index (χ2n) is 7.32. The van der Waals surface area contributed by atoms with Crippen molar-refractivity contribution in [2.45, 2.75) is 59.8 Å². The molecule has 1 heteroatoms. The summed E-state index contributed by atoms with van der Waals surface area (Å²) in [6.45, 7) is 13.2. The van der Waals surface area contributed by atoms with Crippen LogP contribution >= 0.6 is 0 Å². The van der Waals surface area contributed by atoms with Gasteiger partial charge in [-0.15, -0.1) is 0 Å². The van der Waals surface area contributed by atoms with E-state index < -0.39 is 0 Å². The molecule has 0 radical (unpaired) electrons. The lowest BCUT2D eigenvalue weighted by Gasteiger charge is -2.50. The van der Waals surface area contributed by atoms with Crippen LogP contribution in [0.3, 0.4) is 0 Å². The molecule has 2 unspecified atom stereocenters. The van der Waals surface area contributed by atoms with E-state index in [4.69, 9.17) is 0 Å². The van der Waals surface area contributed by atoms with Crippen LogP contribution < -0.4 is 0 Å². The molecular formula is C18H26O. The van der Waals surface area contributed by atoms with Crippen molar-refractivity contribution in [2.24, 2.45) is 10.8 Å². The number of carbonyl (C=O) groups is 1. The summed E-state index contributed by atoms with van der Waals surface area (Å²) in [5, 5.41) is 0. The first-order valence-electron chi connectivity index (χ1n) is 7.30. The summed E-state index contributed by atoms with van der Waals surface area (Å²) in [5.41, 5.74) is 2.38. The van der Waals surface area contributed by atoms with E-state index in [2.05, 4.69) is 58.9 Å². The highest BCUT2D eigenvalue weighted by Gasteiger charge is 2.60. The van der Waals surface area contributed by atoms with E-state index in [0.29, 0.717) is 12.2 Å². The molecule has 0 heterocycles. The van der Waals surface area contributed by atoms with E-state index in [9.17, 15) is 4.79 Å². The molecule has 0 spiro atoms. The first-order valence-corrected chi connectivity index (χ1v) is 7.30. The van der Waals surface area contributed by atoms with E-state index in [0.717, 1.165) is 6.42 Å². The van der Waals surface area contributed by atoms with Gasteiger partial charge in [0.1, 0.15) is 5.78 Å².